The number of hydrogen-bond donors (Lipinski definition) is 0. The van der Waals surface area contributed by atoms with Gasteiger partial charge in [-0.15, -0.1) is 0 Å². The van der Waals surface area contributed by atoms with Crippen LogP contribution in [0.15, 0.2) is 30.3 Å². The van der Waals surface area contributed by atoms with E-state index in [-0.39, 0.29) is 0 Å². The number of hydrogen-bond acceptors (Lipinski definition) is 0. The van der Waals surface area contributed by atoms with Crippen LogP contribution in [0.2, 0.25) is 61.1 Å². The summed E-state index contributed by atoms with van der Waals surface area (Å²) in [6.07, 6.45) is 0. The molecule has 0 aromatic heterocycles. The van der Waals surface area contributed by atoms with Gasteiger partial charge in [0.2, 0.25) is 0 Å². The summed E-state index contributed by atoms with van der Waals surface area (Å²) in [5, 5.41) is 0. The molecule has 0 unspecified atom stereocenters. The minimum atomic E-state index is -1.36. The van der Waals surface area contributed by atoms with Gasteiger partial charge in [-0.1, -0.05) is 0 Å². The maximum absolute atomic E-state index is 2.71. The monoisotopic (exact) mass is 416 g/mol. The van der Waals surface area contributed by atoms with Crippen molar-refractivity contribution in [3.63, 3.8) is 0 Å². The van der Waals surface area contributed by atoms with Crippen LogP contribution in [-0.4, -0.2) is 39.2 Å². The van der Waals surface area contributed by atoms with Crippen molar-refractivity contribution in [1.29, 1.82) is 0 Å². The van der Waals surface area contributed by atoms with E-state index in [4.69, 9.17) is 0 Å². The molecule has 1 rings (SSSR count). The van der Waals surface area contributed by atoms with Crippen LogP contribution in [0.5, 0.6) is 0 Å². The molecule has 4 heteroatoms. The van der Waals surface area contributed by atoms with Crippen molar-refractivity contribution < 1.29 is 0 Å². The normalized spacial score (nSPS) is 14.5. The molecule has 0 spiro atoms. The van der Waals surface area contributed by atoms with Gasteiger partial charge in [0, 0.05) is 0 Å². The van der Waals surface area contributed by atoms with Crippen molar-refractivity contribution in [1.82, 2.24) is 0 Å². The Kier molecular flexibility index (Phi) is 6.24. The van der Waals surface area contributed by atoms with Crippen LogP contribution in [0, 0.1) is 0 Å². The van der Waals surface area contributed by atoms with E-state index in [9.17, 15) is 0 Å². The number of rotatable bonds is 6. The van der Waals surface area contributed by atoms with Gasteiger partial charge in [0.1, 0.15) is 0 Å². The second-order valence-electron chi connectivity index (χ2n) is 9.47. The zero-order valence-electron chi connectivity index (χ0n) is 16.4. The molecule has 0 heterocycles. The molecule has 0 nitrogen and oxygen atoms in total. The molecule has 0 atom stereocenters. The molecule has 0 radical (unpaired) electrons. The van der Waals surface area contributed by atoms with E-state index in [0.29, 0.717) is 18.1 Å². The van der Waals surface area contributed by atoms with Gasteiger partial charge in [-0.2, -0.15) is 0 Å². The molecule has 0 aliphatic rings. The molecular formula is C18H36SeSi3. The molecule has 1 aromatic rings. The van der Waals surface area contributed by atoms with Gasteiger partial charge in [-0.3, -0.25) is 0 Å². The molecular weight excluding hydrogens is 379 g/mol. The third kappa shape index (κ3) is 3.56. The second-order valence-corrected chi connectivity index (χ2v) is 32.0. The first kappa shape index (κ1) is 20.4. The van der Waals surface area contributed by atoms with Crippen molar-refractivity contribution in [3.8, 4) is 0 Å². The Bertz CT molecular complexity index is 467. The predicted molar refractivity (Wildman–Crippen MR) is 114 cm³/mol. The summed E-state index contributed by atoms with van der Waals surface area (Å²) < 4.78 is 2.30. The second kappa shape index (κ2) is 6.72. The molecule has 0 bridgehead atoms. The fraction of sp³-hybridized carbons (Fsp3) is 0.667. The quantitative estimate of drug-likeness (QED) is 0.532. The van der Waals surface area contributed by atoms with Gasteiger partial charge in [-0.25, -0.2) is 0 Å². The van der Waals surface area contributed by atoms with Crippen molar-refractivity contribution in [2.24, 2.45) is 0 Å². The Labute approximate surface area is 148 Å². The average Bonchev–Trinajstić information content (AvgIpc) is 2.33. The van der Waals surface area contributed by atoms with Crippen LogP contribution < -0.4 is 4.46 Å². The molecule has 0 aliphatic heterocycles. The summed E-state index contributed by atoms with van der Waals surface area (Å²) in [7, 11) is -3.97. The van der Waals surface area contributed by atoms with Crippen molar-refractivity contribution >= 4 is 43.6 Å². The standard InChI is InChI=1S/C18H36SeSi3/c1-16(2)22(9,10)18(20(3,4)5,21(6,7)8)19-17-14-12-11-13-15-17/h11-16H,1-10H3. The third-order valence-electron chi connectivity index (χ3n) is 5.48. The summed E-state index contributed by atoms with van der Waals surface area (Å²) in [4.78, 5) is 0. The van der Waals surface area contributed by atoms with Gasteiger partial charge in [0.25, 0.3) is 0 Å². The molecule has 0 fully saturated rings. The molecule has 0 saturated heterocycles. The average molecular weight is 416 g/mol. The maximum atomic E-state index is 2.71. The van der Waals surface area contributed by atoms with Crippen LogP contribution in [0.1, 0.15) is 13.8 Å². The van der Waals surface area contributed by atoms with Crippen molar-refractivity contribution in [2.45, 2.75) is 74.9 Å². The molecule has 0 N–H and O–H groups in total. The zero-order valence-corrected chi connectivity index (χ0v) is 21.1. The molecule has 0 aliphatic carbocycles. The van der Waals surface area contributed by atoms with Gasteiger partial charge < -0.3 is 0 Å². The van der Waals surface area contributed by atoms with Crippen LogP contribution >= 0.6 is 0 Å². The van der Waals surface area contributed by atoms with E-state index in [1.165, 1.54) is 0 Å². The summed E-state index contributed by atoms with van der Waals surface area (Å²) in [5.74, 6) is 0. The molecule has 126 valence electrons. The van der Waals surface area contributed by atoms with E-state index in [1.54, 1.807) is 4.46 Å². The molecule has 0 saturated carbocycles. The van der Waals surface area contributed by atoms with Crippen LogP contribution in [0.4, 0.5) is 0 Å². The Morgan fingerprint density at radius 3 is 1.50 bits per heavy atom. The molecule has 0 amide bonds. The van der Waals surface area contributed by atoms with Gasteiger partial charge in [0.15, 0.2) is 0 Å². The van der Waals surface area contributed by atoms with Crippen molar-refractivity contribution in [2.75, 3.05) is 0 Å². The first-order valence-electron chi connectivity index (χ1n) is 8.51. The Balaban J connectivity index is 3.61. The van der Waals surface area contributed by atoms with E-state index < -0.39 is 24.2 Å². The third-order valence-corrected chi connectivity index (χ3v) is 41.6. The fourth-order valence-electron chi connectivity index (χ4n) is 4.57. The summed E-state index contributed by atoms with van der Waals surface area (Å²) in [6.45, 7) is 26.4. The first-order valence-corrected chi connectivity index (χ1v) is 20.3. The summed E-state index contributed by atoms with van der Waals surface area (Å²) >= 11 is 0.600. The summed E-state index contributed by atoms with van der Waals surface area (Å²) in [6, 6.07) is 11.4. The van der Waals surface area contributed by atoms with Gasteiger partial charge in [0.05, 0.1) is 0 Å². The zero-order chi connectivity index (χ0) is 17.4. The predicted octanol–water partition coefficient (Wildman–Crippen LogP) is 5.59. The Morgan fingerprint density at radius 2 is 1.18 bits per heavy atom. The van der Waals surface area contributed by atoms with Gasteiger partial charge >= 0.3 is 149 Å². The molecule has 1 aromatic carbocycles. The van der Waals surface area contributed by atoms with Crippen LogP contribution in [0.25, 0.3) is 0 Å². The molecule has 22 heavy (non-hydrogen) atoms. The number of benzene rings is 1. The Morgan fingerprint density at radius 1 is 0.773 bits per heavy atom. The SMILES string of the molecule is CC(C)[Si](C)(C)C([Se]c1ccccc1)([Si](C)(C)C)[Si](C)(C)C. The van der Waals surface area contributed by atoms with E-state index in [2.05, 4.69) is 96.6 Å². The first-order chi connectivity index (χ1) is 9.77. The van der Waals surface area contributed by atoms with E-state index in [1.807, 2.05) is 0 Å². The fourth-order valence-corrected chi connectivity index (χ4v) is 42.6. The summed E-state index contributed by atoms with van der Waals surface area (Å²) in [5.41, 5.74) is 0.858. The van der Waals surface area contributed by atoms with Crippen molar-refractivity contribution in [3.05, 3.63) is 30.3 Å². The van der Waals surface area contributed by atoms with Crippen LogP contribution in [0.3, 0.4) is 0 Å². The van der Waals surface area contributed by atoms with Crippen LogP contribution in [-0.2, 0) is 0 Å². The van der Waals surface area contributed by atoms with E-state index >= 15 is 0 Å². The minimum absolute atomic E-state index is 0.600. The van der Waals surface area contributed by atoms with E-state index in [0.717, 1.165) is 5.54 Å². The van der Waals surface area contributed by atoms with Gasteiger partial charge in [-0.05, 0) is 0 Å². The Hall–Kier alpha value is 0.390. The topological polar surface area (TPSA) is 0 Å².